The van der Waals surface area contributed by atoms with Crippen LogP contribution in [0, 0.1) is 5.92 Å². The van der Waals surface area contributed by atoms with Crippen molar-refractivity contribution in [3.8, 4) is 0 Å². The Morgan fingerprint density at radius 1 is 1.28 bits per heavy atom. The number of H-pyrrole nitrogens is 1. The number of rotatable bonds is 3. The molecule has 2 N–H and O–H groups in total. The molecule has 2 atom stereocenters. The van der Waals surface area contributed by atoms with E-state index in [2.05, 4.69) is 33.7 Å². The molecule has 0 spiro atoms. The van der Waals surface area contributed by atoms with Crippen LogP contribution in [0.15, 0.2) is 23.3 Å². The lowest BCUT2D eigenvalue weighted by Gasteiger charge is -2.34. The second-order valence-corrected chi connectivity index (χ2v) is 9.48. The summed E-state index contributed by atoms with van der Waals surface area (Å²) in [6.45, 7) is 8.22. The first-order valence-corrected chi connectivity index (χ1v) is 11.3. The van der Waals surface area contributed by atoms with Gasteiger partial charge in [-0.3, -0.25) is 4.79 Å². The molecule has 8 heteroatoms. The number of aromatic amines is 1. The lowest BCUT2D eigenvalue weighted by atomic mass is 9.89. The molecule has 3 aromatic heterocycles. The fraction of sp³-hybridized carbons (Fsp3) is 0.524. The molecule has 1 aliphatic carbocycles. The van der Waals surface area contributed by atoms with Crippen LogP contribution >= 0.6 is 11.3 Å². The van der Waals surface area contributed by atoms with Crippen molar-refractivity contribution < 1.29 is 4.90 Å². The SMILES string of the molecule is C[C@@H]1CCc2c(sc3nc([C@@H](C)[NH+]4CCN(c5ncccn5)CC4)[nH]c(=O)c23)C1. The molecule has 0 amide bonds. The Morgan fingerprint density at radius 3 is 2.79 bits per heavy atom. The minimum atomic E-state index is 0.0413. The average molecular weight is 412 g/mol. The number of hydrogen-bond donors (Lipinski definition) is 2. The highest BCUT2D eigenvalue weighted by Gasteiger charge is 2.29. The van der Waals surface area contributed by atoms with Crippen molar-refractivity contribution in [1.82, 2.24) is 19.9 Å². The van der Waals surface area contributed by atoms with Crippen molar-refractivity contribution in [3.05, 3.63) is 45.1 Å². The zero-order valence-electron chi connectivity index (χ0n) is 16.9. The summed E-state index contributed by atoms with van der Waals surface area (Å²) in [7, 11) is 0. The van der Waals surface area contributed by atoms with Gasteiger partial charge in [0.2, 0.25) is 5.95 Å². The fourth-order valence-electron chi connectivity index (χ4n) is 4.65. The Kier molecular flexibility index (Phi) is 4.83. The molecular weight excluding hydrogens is 384 g/mol. The van der Waals surface area contributed by atoms with E-state index in [0.29, 0.717) is 5.92 Å². The van der Waals surface area contributed by atoms with Crippen LogP contribution in [-0.2, 0) is 12.8 Å². The zero-order valence-corrected chi connectivity index (χ0v) is 17.8. The first kappa shape index (κ1) is 18.7. The maximum atomic E-state index is 12.9. The van der Waals surface area contributed by atoms with Gasteiger partial charge in [-0.1, -0.05) is 6.92 Å². The van der Waals surface area contributed by atoms with Crippen molar-refractivity contribution in [2.75, 3.05) is 31.1 Å². The Labute approximate surface area is 173 Å². The minimum absolute atomic E-state index is 0.0413. The van der Waals surface area contributed by atoms with Gasteiger partial charge in [-0.15, -0.1) is 11.3 Å². The molecular formula is C21H27N6OS+. The van der Waals surface area contributed by atoms with Crippen LogP contribution in [0.2, 0.25) is 0 Å². The molecule has 0 unspecified atom stereocenters. The first-order chi connectivity index (χ1) is 14.1. The summed E-state index contributed by atoms with van der Waals surface area (Å²) < 4.78 is 0. The summed E-state index contributed by atoms with van der Waals surface area (Å²) in [4.78, 5) is 35.6. The van der Waals surface area contributed by atoms with E-state index in [9.17, 15) is 4.79 Å². The molecule has 3 aromatic rings. The third-order valence-corrected chi connectivity index (χ3v) is 7.60. The molecule has 1 aliphatic heterocycles. The molecule has 0 saturated carbocycles. The molecule has 0 radical (unpaired) electrons. The van der Waals surface area contributed by atoms with Gasteiger partial charge in [0.25, 0.3) is 5.56 Å². The molecule has 29 heavy (non-hydrogen) atoms. The van der Waals surface area contributed by atoms with Gasteiger partial charge < -0.3 is 14.8 Å². The Hall–Kier alpha value is -2.32. The van der Waals surface area contributed by atoms with Gasteiger partial charge in [-0.25, -0.2) is 15.0 Å². The number of anilines is 1. The number of nitrogens with one attached hydrogen (secondary N) is 2. The van der Waals surface area contributed by atoms with Crippen LogP contribution in [-0.4, -0.2) is 46.1 Å². The van der Waals surface area contributed by atoms with Crippen LogP contribution in [0.25, 0.3) is 10.2 Å². The summed E-state index contributed by atoms with van der Waals surface area (Å²) in [6, 6.07) is 2.00. The van der Waals surface area contributed by atoms with E-state index in [1.165, 1.54) is 15.3 Å². The molecule has 7 nitrogen and oxygen atoms in total. The quantitative estimate of drug-likeness (QED) is 0.681. The Bertz CT molecular complexity index is 1070. The van der Waals surface area contributed by atoms with Gasteiger partial charge in [0.15, 0.2) is 5.82 Å². The number of piperazine rings is 1. The van der Waals surface area contributed by atoms with Crippen molar-refractivity contribution in [2.24, 2.45) is 5.92 Å². The van der Waals surface area contributed by atoms with E-state index in [4.69, 9.17) is 4.98 Å². The molecule has 4 heterocycles. The summed E-state index contributed by atoms with van der Waals surface area (Å²) in [5.74, 6) is 2.31. The first-order valence-electron chi connectivity index (χ1n) is 10.5. The molecule has 0 aromatic carbocycles. The maximum absolute atomic E-state index is 12.9. The molecule has 0 bridgehead atoms. The van der Waals surface area contributed by atoms with E-state index in [-0.39, 0.29) is 11.6 Å². The predicted molar refractivity (Wildman–Crippen MR) is 115 cm³/mol. The van der Waals surface area contributed by atoms with Crippen LogP contribution in [0.3, 0.4) is 0 Å². The topological polar surface area (TPSA) is 79.2 Å². The zero-order chi connectivity index (χ0) is 20.0. The highest BCUT2D eigenvalue weighted by Crippen LogP contribution is 2.35. The molecule has 1 fully saturated rings. The number of thiophene rings is 1. The third-order valence-electron chi connectivity index (χ3n) is 6.45. The average Bonchev–Trinajstić information content (AvgIpc) is 3.11. The van der Waals surface area contributed by atoms with Gasteiger partial charge in [0.1, 0.15) is 10.9 Å². The number of fused-ring (bicyclic) bond motifs is 3. The number of quaternary nitrogens is 1. The van der Waals surface area contributed by atoms with Gasteiger partial charge >= 0.3 is 0 Å². The van der Waals surface area contributed by atoms with Crippen molar-refractivity contribution >= 4 is 27.5 Å². The van der Waals surface area contributed by atoms with Gasteiger partial charge in [0, 0.05) is 17.3 Å². The number of hydrogen-bond acceptors (Lipinski definition) is 6. The van der Waals surface area contributed by atoms with E-state index < -0.39 is 0 Å². The van der Waals surface area contributed by atoms with E-state index in [1.807, 2.05) is 6.07 Å². The summed E-state index contributed by atoms with van der Waals surface area (Å²) in [6.07, 6.45) is 6.82. The molecule has 2 aliphatic rings. The lowest BCUT2D eigenvalue weighted by Crippen LogP contribution is -3.14. The normalized spacial score (nSPS) is 21.3. The second-order valence-electron chi connectivity index (χ2n) is 8.40. The van der Waals surface area contributed by atoms with Crippen molar-refractivity contribution in [1.29, 1.82) is 0 Å². The highest BCUT2D eigenvalue weighted by molar-refractivity contribution is 7.18. The van der Waals surface area contributed by atoms with Crippen LogP contribution in [0.1, 0.15) is 42.6 Å². The van der Waals surface area contributed by atoms with Gasteiger partial charge in [-0.2, -0.15) is 0 Å². The largest absolute Gasteiger partial charge is 0.330 e. The van der Waals surface area contributed by atoms with E-state index >= 15 is 0 Å². The minimum Gasteiger partial charge on any atom is -0.330 e. The number of aryl methyl sites for hydroxylation is 1. The van der Waals surface area contributed by atoms with Gasteiger partial charge in [-0.05, 0) is 43.7 Å². The summed E-state index contributed by atoms with van der Waals surface area (Å²) >= 11 is 1.73. The van der Waals surface area contributed by atoms with Crippen LogP contribution in [0.5, 0.6) is 0 Å². The lowest BCUT2D eigenvalue weighted by molar-refractivity contribution is -0.930. The smallest absolute Gasteiger partial charge is 0.260 e. The Morgan fingerprint density at radius 2 is 2.03 bits per heavy atom. The fourth-order valence-corrected chi connectivity index (χ4v) is 6.04. The van der Waals surface area contributed by atoms with Crippen molar-refractivity contribution in [3.63, 3.8) is 0 Å². The summed E-state index contributed by atoms with van der Waals surface area (Å²) in [5, 5.41) is 0.842. The predicted octanol–water partition coefficient (Wildman–Crippen LogP) is 1.37. The highest BCUT2D eigenvalue weighted by atomic mass is 32.1. The Balaban J connectivity index is 1.36. The number of aromatic nitrogens is 4. The molecule has 1 saturated heterocycles. The third kappa shape index (κ3) is 3.44. The van der Waals surface area contributed by atoms with Crippen LogP contribution in [0.4, 0.5) is 5.95 Å². The van der Waals surface area contributed by atoms with Crippen LogP contribution < -0.4 is 15.4 Å². The van der Waals surface area contributed by atoms with Gasteiger partial charge in [0.05, 0.1) is 31.6 Å². The number of nitrogens with zero attached hydrogens (tertiary/aromatic N) is 4. The molecule has 152 valence electrons. The standard InChI is InChI=1S/C21H26N6OS/c1-13-4-5-15-16(12-13)29-20-17(15)19(28)24-18(25-20)14(2)26-8-10-27(11-9-26)21-22-6-3-7-23-21/h3,6-7,13-14H,4-5,8-12H2,1-2H3,(H,24,25,28)/p+1/t13-,14-/m1/s1. The monoisotopic (exact) mass is 411 g/mol. The van der Waals surface area contributed by atoms with Crippen molar-refractivity contribution in [2.45, 2.75) is 39.2 Å². The molecule has 5 rings (SSSR count). The second kappa shape index (κ2) is 7.50. The summed E-state index contributed by atoms with van der Waals surface area (Å²) in [5.41, 5.74) is 1.29. The van der Waals surface area contributed by atoms with E-state index in [1.54, 1.807) is 23.7 Å². The maximum Gasteiger partial charge on any atom is 0.260 e. The van der Waals surface area contributed by atoms with E-state index in [0.717, 1.165) is 67.4 Å².